The molecule has 5 nitrogen and oxygen atoms in total. The van der Waals surface area contributed by atoms with E-state index < -0.39 is 0 Å². The van der Waals surface area contributed by atoms with Crippen molar-refractivity contribution in [1.29, 1.82) is 0 Å². The Balaban J connectivity index is 1.55. The van der Waals surface area contributed by atoms with Crippen LogP contribution in [-0.4, -0.2) is 24.1 Å². The van der Waals surface area contributed by atoms with Gasteiger partial charge >= 0.3 is 0 Å². The number of ether oxygens (including phenoxy) is 2. The molecule has 2 aromatic carbocycles. The molecule has 1 aliphatic rings. The highest BCUT2D eigenvalue weighted by Gasteiger charge is 2.16. The van der Waals surface area contributed by atoms with Gasteiger partial charge in [-0.25, -0.2) is 4.98 Å². The number of thiazole rings is 1. The lowest BCUT2D eigenvalue weighted by Crippen LogP contribution is -2.21. The van der Waals surface area contributed by atoms with E-state index in [1.54, 1.807) is 0 Å². The first-order chi connectivity index (χ1) is 11.8. The second-order valence-corrected chi connectivity index (χ2v) is 6.11. The molecule has 4 rings (SSSR count). The molecule has 1 N–H and O–H groups in total. The summed E-state index contributed by atoms with van der Waals surface area (Å²) in [6, 6.07) is 14.4. The van der Waals surface area contributed by atoms with Crippen molar-refractivity contribution in [2.75, 3.05) is 18.5 Å². The lowest BCUT2D eigenvalue weighted by molar-refractivity contribution is -0.117. The molecule has 1 aromatic heterocycles. The van der Waals surface area contributed by atoms with Gasteiger partial charge in [-0.2, -0.15) is 0 Å². The van der Waals surface area contributed by atoms with Crippen LogP contribution in [0.2, 0.25) is 0 Å². The summed E-state index contributed by atoms with van der Waals surface area (Å²) in [6.07, 6.45) is 1.33. The van der Waals surface area contributed by atoms with Crippen LogP contribution in [0.1, 0.15) is 0 Å². The average Bonchev–Trinajstić information content (AvgIpc) is 3.10. The smallest absolute Gasteiger partial charge is 0.295 e. The first-order valence-corrected chi connectivity index (χ1v) is 8.38. The summed E-state index contributed by atoms with van der Waals surface area (Å²) < 4.78 is 10.3. The van der Waals surface area contributed by atoms with Crippen LogP contribution in [0.4, 0.5) is 5.13 Å². The zero-order valence-corrected chi connectivity index (χ0v) is 13.5. The van der Waals surface area contributed by atoms with Gasteiger partial charge in [-0.05, 0) is 16.8 Å². The number of nitrogens with zero attached hydrogens (tertiary/aromatic N) is 1. The maximum absolute atomic E-state index is 12.1. The van der Waals surface area contributed by atoms with Crippen molar-refractivity contribution in [2.45, 2.75) is 0 Å². The molecular formula is C18H14N2O3S. The summed E-state index contributed by atoms with van der Waals surface area (Å²) in [5, 5.41) is 7.53. The van der Waals surface area contributed by atoms with Crippen LogP contribution in [-0.2, 0) is 14.3 Å². The molecule has 1 amide bonds. The van der Waals surface area contributed by atoms with Gasteiger partial charge in [0.05, 0.1) is 5.69 Å². The third kappa shape index (κ3) is 2.96. The number of benzene rings is 2. The molecule has 0 fully saturated rings. The van der Waals surface area contributed by atoms with E-state index in [4.69, 9.17) is 9.47 Å². The standard InChI is InChI=1S/C18H14N2O3S/c21-17(16-10-22-7-8-23-16)20-18-19-15(11-24-18)14-6-5-12-3-1-2-4-13(12)9-14/h1-6,9-11H,7-8H2,(H,19,20,21). The Labute approximate surface area is 142 Å². The molecule has 1 aliphatic heterocycles. The van der Waals surface area contributed by atoms with Gasteiger partial charge in [0.2, 0.25) is 5.76 Å². The van der Waals surface area contributed by atoms with Gasteiger partial charge in [-0.15, -0.1) is 11.3 Å². The predicted octanol–water partition coefficient (Wildman–Crippen LogP) is 3.79. The third-order valence-corrected chi connectivity index (χ3v) is 4.40. The van der Waals surface area contributed by atoms with Crippen molar-refractivity contribution in [2.24, 2.45) is 0 Å². The number of aromatic nitrogens is 1. The van der Waals surface area contributed by atoms with Gasteiger partial charge in [0.1, 0.15) is 19.5 Å². The highest BCUT2D eigenvalue weighted by molar-refractivity contribution is 7.14. The number of fused-ring (bicyclic) bond motifs is 1. The number of hydrogen-bond donors (Lipinski definition) is 1. The third-order valence-electron chi connectivity index (χ3n) is 3.64. The zero-order chi connectivity index (χ0) is 16.4. The fourth-order valence-corrected chi connectivity index (χ4v) is 3.17. The van der Waals surface area contributed by atoms with E-state index >= 15 is 0 Å². The molecule has 0 aliphatic carbocycles. The maximum atomic E-state index is 12.1. The van der Waals surface area contributed by atoms with Crippen molar-refractivity contribution in [3.63, 3.8) is 0 Å². The maximum Gasteiger partial charge on any atom is 0.295 e. The van der Waals surface area contributed by atoms with Crippen molar-refractivity contribution in [1.82, 2.24) is 4.98 Å². The van der Waals surface area contributed by atoms with Gasteiger partial charge in [0.15, 0.2) is 5.13 Å². The van der Waals surface area contributed by atoms with Gasteiger partial charge in [-0.3, -0.25) is 10.1 Å². The van der Waals surface area contributed by atoms with E-state index in [-0.39, 0.29) is 11.7 Å². The van der Waals surface area contributed by atoms with E-state index in [0.717, 1.165) is 16.6 Å². The van der Waals surface area contributed by atoms with Crippen LogP contribution in [0.25, 0.3) is 22.0 Å². The van der Waals surface area contributed by atoms with Gasteiger partial charge in [0, 0.05) is 10.9 Å². The fourth-order valence-electron chi connectivity index (χ4n) is 2.46. The Morgan fingerprint density at radius 2 is 2.00 bits per heavy atom. The van der Waals surface area contributed by atoms with Crippen molar-refractivity contribution in [3.05, 3.63) is 59.9 Å². The molecule has 0 saturated heterocycles. The van der Waals surface area contributed by atoms with Crippen LogP contribution in [0.3, 0.4) is 0 Å². The van der Waals surface area contributed by atoms with Crippen LogP contribution < -0.4 is 5.32 Å². The van der Waals surface area contributed by atoms with Crippen LogP contribution in [0, 0.1) is 0 Å². The van der Waals surface area contributed by atoms with Crippen molar-refractivity contribution < 1.29 is 14.3 Å². The number of hydrogen-bond acceptors (Lipinski definition) is 5. The Bertz CT molecular complexity index is 933. The molecule has 0 spiro atoms. The van der Waals surface area contributed by atoms with Gasteiger partial charge in [0.25, 0.3) is 5.91 Å². The minimum absolute atomic E-state index is 0.170. The van der Waals surface area contributed by atoms with E-state index in [1.807, 2.05) is 23.6 Å². The number of amides is 1. The van der Waals surface area contributed by atoms with E-state index in [2.05, 4.69) is 34.6 Å². The Kier molecular flexibility index (Phi) is 3.88. The summed E-state index contributed by atoms with van der Waals surface area (Å²) in [5.74, 6) is -0.183. The summed E-state index contributed by atoms with van der Waals surface area (Å²) in [4.78, 5) is 16.6. The number of carbonyl (C=O) groups is 1. The number of rotatable bonds is 3. The molecule has 2 heterocycles. The number of carbonyl (C=O) groups excluding carboxylic acids is 1. The molecule has 24 heavy (non-hydrogen) atoms. The molecule has 120 valence electrons. The Morgan fingerprint density at radius 1 is 1.12 bits per heavy atom. The van der Waals surface area contributed by atoms with Gasteiger partial charge in [-0.1, -0.05) is 36.4 Å². The first-order valence-electron chi connectivity index (χ1n) is 7.50. The number of anilines is 1. The molecule has 6 heteroatoms. The van der Waals surface area contributed by atoms with E-state index in [1.165, 1.54) is 23.0 Å². The predicted molar refractivity (Wildman–Crippen MR) is 93.7 cm³/mol. The second kappa shape index (κ2) is 6.33. The van der Waals surface area contributed by atoms with Crippen LogP contribution in [0.5, 0.6) is 0 Å². The van der Waals surface area contributed by atoms with Crippen LogP contribution in [0.15, 0.2) is 59.9 Å². The number of nitrogens with one attached hydrogen (secondary N) is 1. The quantitative estimate of drug-likeness (QED) is 0.789. The summed E-state index contributed by atoms with van der Waals surface area (Å²) in [5.41, 5.74) is 1.85. The minimum atomic E-state index is -0.353. The average molecular weight is 338 g/mol. The van der Waals surface area contributed by atoms with Crippen LogP contribution >= 0.6 is 11.3 Å². The molecule has 0 unspecified atom stereocenters. The normalized spacial score (nSPS) is 13.8. The molecule has 0 bridgehead atoms. The minimum Gasteiger partial charge on any atom is -0.494 e. The molecule has 0 radical (unpaired) electrons. The monoisotopic (exact) mass is 338 g/mol. The highest BCUT2D eigenvalue weighted by Crippen LogP contribution is 2.28. The summed E-state index contributed by atoms with van der Waals surface area (Å²) in [6.45, 7) is 0.833. The van der Waals surface area contributed by atoms with Crippen molar-refractivity contribution >= 4 is 33.1 Å². The lowest BCUT2D eigenvalue weighted by Gasteiger charge is -2.14. The van der Waals surface area contributed by atoms with Gasteiger partial charge < -0.3 is 9.47 Å². The summed E-state index contributed by atoms with van der Waals surface area (Å²) >= 11 is 1.38. The molecular weight excluding hydrogens is 324 g/mol. The largest absolute Gasteiger partial charge is 0.494 e. The van der Waals surface area contributed by atoms with Crippen molar-refractivity contribution in [3.8, 4) is 11.3 Å². The molecule has 0 atom stereocenters. The summed E-state index contributed by atoms with van der Waals surface area (Å²) in [7, 11) is 0. The highest BCUT2D eigenvalue weighted by atomic mass is 32.1. The second-order valence-electron chi connectivity index (χ2n) is 5.26. The van der Waals surface area contributed by atoms with E-state index in [9.17, 15) is 4.79 Å². The lowest BCUT2D eigenvalue weighted by atomic mass is 10.1. The SMILES string of the molecule is O=C(Nc1nc(-c2ccc3ccccc3c2)cs1)C1=COCCO1. The topological polar surface area (TPSA) is 60.5 Å². The first kappa shape index (κ1) is 14.7. The molecule has 0 saturated carbocycles. The van der Waals surface area contributed by atoms with E-state index in [0.29, 0.717) is 18.3 Å². The Hall–Kier alpha value is -2.86. The molecule has 3 aromatic rings. The Morgan fingerprint density at radius 3 is 2.83 bits per heavy atom. The zero-order valence-electron chi connectivity index (χ0n) is 12.7. The fraction of sp³-hybridized carbons (Fsp3) is 0.111.